The van der Waals surface area contributed by atoms with Crippen molar-refractivity contribution in [2.75, 3.05) is 19.7 Å². The van der Waals surface area contributed by atoms with Crippen molar-refractivity contribution in [1.29, 1.82) is 0 Å². The summed E-state index contributed by atoms with van der Waals surface area (Å²) in [5, 5.41) is 11.2. The van der Waals surface area contributed by atoms with Crippen molar-refractivity contribution in [1.82, 2.24) is 4.90 Å². The minimum atomic E-state index is -0.459. The molecule has 130 valence electrons. The molecule has 6 nitrogen and oxygen atoms in total. The van der Waals surface area contributed by atoms with Crippen LogP contribution in [0.5, 0.6) is 5.75 Å². The van der Waals surface area contributed by atoms with Crippen LogP contribution in [0, 0.1) is 10.1 Å². The first-order chi connectivity index (χ1) is 11.6. The lowest BCUT2D eigenvalue weighted by Gasteiger charge is -2.17. The summed E-state index contributed by atoms with van der Waals surface area (Å²) < 4.78 is 5.40. The molecule has 0 radical (unpaired) electrons. The Morgan fingerprint density at radius 3 is 2.62 bits per heavy atom. The second-order valence-electron chi connectivity index (χ2n) is 5.91. The highest BCUT2D eigenvalue weighted by atomic mass is 16.6. The van der Waals surface area contributed by atoms with Crippen LogP contribution >= 0.6 is 0 Å². The number of ether oxygens (including phenoxy) is 1. The summed E-state index contributed by atoms with van der Waals surface area (Å²) in [5.41, 5.74) is 0.543. The van der Waals surface area contributed by atoms with E-state index in [9.17, 15) is 14.9 Å². The molecule has 0 bridgehead atoms. The maximum atomic E-state index is 12.2. The Kier molecular flexibility index (Phi) is 6.78. The van der Waals surface area contributed by atoms with Gasteiger partial charge in [0, 0.05) is 25.2 Å². The molecule has 0 aromatic heterocycles. The monoisotopic (exact) mass is 332 g/mol. The number of rotatable bonds is 6. The van der Waals surface area contributed by atoms with Crippen molar-refractivity contribution in [2.45, 2.75) is 39.0 Å². The molecule has 0 N–H and O–H groups in total. The van der Waals surface area contributed by atoms with Gasteiger partial charge >= 0.3 is 5.69 Å². The van der Waals surface area contributed by atoms with E-state index < -0.39 is 4.92 Å². The number of amides is 1. The molecule has 0 saturated carbocycles. The van der Waals surface area contributed by atoms with Gasteiger partial charge in [-0.25, -0.2) is 0 Å². The normalized spacial score (nSPS) is 15.3. The van der Waals surface area contributed by atoms with E-state index in [0.29, 0.717) is 12.2 Å². The van der Waals surface area contributed by atoms with Gasteiger partial charge < -0.3 is 9.64 Å². The predicted molar refractivity (Wildman–Crippen MR) is 93.0 cm³/mol. The lowest BCUT2D eigenvalue weighted by molar-refractivity contribution is -0.385. The zero-order chi connectivity index (χ0) is 17.4. The van der Waals surface area contributed by atoms with E-state index in [1.165, 1.54) is 25.0 Å². The Hall–Kier alpha value is -2.37. The molecular formula is C18H24N2O4. The van der Waals surface area contributed by atoms with E-state index in [-0.39, 0.29) is 17.3 Å². The minimum Gasteiger partial charge on any atom is -0.487 e. The number of hydrogen-bond acceptors (Lipinski definition) is 4. The predicted octanol–water partition coefficient (Wildman–Crippen LogP) is 3.80. The molecule has 1 fully saturated rings. The summed E-state index contributed by atoms with van der Waals surface area (Å²) in [7, 11) is 0. The van der Waals surface area contributed by atoms with E-state index in [0.717, 1.165) is 32.4 Å². The third-order valence-electron chi connectivity index (χ3n) is 3.98. The van der Waals surface area contributed by atoms with Gasteiger partial charge in [-0.3, -0.25) is 14.9 Å². The molecule has 1 aliphatic rings. The molecule has 1 heterocycles. The molecular weight excluding hydrogens is 308 g/mol. The van der Waals surface area contributed by atoms with Gasteiger partial charge in [-0.15, -0.1) is 0 Å². The Bertz CT molecular complexity index is 605. The maximum Gasteiger partial charge on any atom is 0.311 e. The highest BCUT2D eigenvalue weighted by molar-refractivity contribution is 5.91. The molecule has 2 rings (SSSR count). The van der Waals surface area contributed by atoms with Crippen LogP contribution in [0.25, 0.3) is 6.08 Å². The molecule has 24 heavy (non-hydrogen) atoms. The molecule has 0 spiro atoms. The molecule has 6 heteroatoms. The first-order valence-corrected chi connectivity index (χ1v) is 8.50. The van der Waals surface area contributed by atoms with Crippen molar-refractivity contribution in [3.63, 3.8) is 0 Å². The lowest BCUT2D eigenvalue weighted by atomic mass is 10.1. The number of nitro benzene ring substituents is 1. The number of nitro groups is 1. The average molecular weight is 332 g/mol. The van der Waals surface area contributed by atoms with Gasteiger partial charge in [-0.2, -0.15) is 0 Å². The van der Waals surface area contributed by atoms with Crippen LogP contribution in [-0.4, -0.2) is 35.4 Å². The molecule has 0 unspecified atom stereocenters. The molecule has 1 aromatic carbocycles. The van der Waals surface area contributed by atoms with Crippen LogP contribution in [0.3, 0.4) is 0 Å². The number of carbonyl (C=O) groups is 1. The smallest absolute Gasteiger partial charge is 0.311 e. The summed E-state index contributed by atoms with van der Waals surface area (Å²) >= 11 is 0. The molecule has 1 aromatic rings. The van der Waals surface area contributed by atoms with Crippen molar-refractivity contribution in [3.05, 3.63) is 40.0 Å². The number of likely N-dealkylation sites (tertiary alicyclic amines) is 1. The van der Waals surface area contributed by atoms with Gasteiger partial charge in [0.15, 0.2) is 5.75 Å². The second-order valence-corrected chi connectivity index (χ2v) is 5.91. The van der Waals surface area contributed by atoms with Crippen molar-refractivity contribution >= 4 is 17.7 Å². The summed E-state index contributed by atoms with van der Waals surface area (Å²) in [6.45, 7) is 3.95. The topological polar surface area (TPSA) is 72.7 Å². The summed E-state index contributed by atoms with van der Waals surface area (Å²) in [5.74, 6) is 0.226. The summed E-state index contributed by atoms with van der Waals surface area (Å²) in [6.07, 6.45) is 8.31. The summed E-state index contributed by atoms with van der Waals surface area (Å²) in [6, 6.07) is 4.76. The first-order valence-electron chi connectivity index (χ1n) is 8.50. The number of carbonyl (C=O) groups excluding carboxylic acids is 1. The van der Waals surface area contributed by atoms with Crippen LogP contribution in [0.4, 0.5) is 5.69 Å². The van der Waals surface area contributed by atoms with Gasteiger partial charge in [-0.1, -0.05) is 25.8 Å². The van der Waals surface area contributed by atoms with E-state index in [1.807, 2.05) is 11.8 Å². The van der Waals surface area contributed by atoms with Crippen LogP contribution in [0.1, 0.15) is 44.6 Å². The number of benzene rings is 1. The van der Waals surface area contributed by atoms with Crippen LogP contribution in [0.15, 0.2) is 24.3 Å². The third-order valence-corrected chi connectivity index (χ3v) is 3.98. The zero-order valence-corrected chi connectivity index (χ0v) is 14.1. The lowest BCUT2D eigenvalue weighted by Crippen LogP contribution is -2.30. The van der Waals surface area contributed by atoms with E-state index in [1.54, 1.807) is 18.2 Å². The molecule has 0 atom stereocenters. The van der Waals surface area contributed by atoms with Crippen molar-refractivity contribution in [3.8, 4) is 5.75 Å². The number of hydrogen-bond donors (Lipinski definition) is 0. The zero-order valence-electron chi connectivity index (χ0n) is 14.1. The van der Waals surface area contributed by atoms with Gasteiger partial charge in [0.25, 0.3) is 0 Å². The quantitative estimate of drug-likeness (QED) is 0.451. The fourth-order valence-corrected chi connectivity index (χ4v) is 2.68. The van der Waals surface area contributed by atoms with E-state index >= 15 is 0 Å². The molecule has 0 aliphatic carbocycles. The van der Waals surface area contributed by atoms with Crippen LogP contribution < -0.4 is 4.74 Å². The highest BCUT2D eigenvalue weighted by Crippen LogP contribution is 2.28. The summed E-state index contributed by atoms with van der Waals surface area (Å²) in [4.78, 5) is 24.8. The Balaban J connectivity index is 2.09. The highest BCUT2D eigenvalue weighted by Gasteiger charge is 2.16. The Labute approximate surface area is 142 Å². The van der Waals surface area contributed by atoms with E-state index in [4.69, 9.17) is 4.74 Å². The third kappa shape index (κ3) is 5.08. The average Bonchev–Trinajstić information content (AvgIpc) is 2.87. The minimum absolute atomic E-state index is 0.0362. The largest absolute Gasteiger partial charge is 0.487 e. The molecule has 1 amide bonds. The SMILES string of the molecule is CCCOc1ccc(/C=C/C(=O)N2CCCCCC2)cc1[N+](=O)[O-]. The maximum absolute atomic E-state index is 12.2. The fraction of sp³-hybridized carbons (Fsp3) is 0.500. The van der Waals surface area contributed by atoms with Crippen molar-refractivity contribution < 1.29 is 14.5 Å². The number of nitrogens with zero attached hydrogens (tertiary/aromatic N) is 2. The van der Waals surface area contributed by atoms with Crippen LogP contribution in [-0.2, 0) is 4.79 Å². The van der Waals surface area contributed by atoms with Crippen LogP contribution in [0.2, 0.25) is 0 Å². The first kappa shape index (κ1) is 18.0. The standard InChI is InChI=1S/C18H24N2O4/c1-2-13-24-17-9-7-15(14-16(17)20(22)23)8-10-18(21)19-11-5-3-4-6-12-19/h7-10,14H,2-6,11-13H2,1H3/b10-8+. The second kappa shape index (κ2) is 9.05. The Morgan fingerprint density at radius 2 is 2.00 bits per heavy atom. The van der Waals surface area contributed by atoms with E-state index in [2.05, 4.69) is 0 Å². The molecule has 1 aliphatic heterocycles. The van der Waals surface area contributed by atoms with Gasteiger partial charge in [-0.05, 0) is 37.0 Å². The van der Waals surface area contributed by atoms with Gasteiger partial charge in [0.05, 0.1) is 11.5 Å². The van der Waals surface area contributed by atoms with Crippen molar-refractivity contribution in [2.24, 2.45) is 0 Å². The fourth-order valence-electron chi connectivity index (χ4n) is 2.68. The molecule has 1 saturated heterocycles. The van der Waals surface area contributed by atoms with Gasteiger partial charge in [0.2, 0.25) is 5.91 Å². The van der Waals surface area contributed by atoms with Gasteiger partial charge in [0.1, 0.15) is 0 Å². The Morgan fingerprint density at radius 1 is 1.29 bits per heavy atom.